The Morgan fingerprint density at radius 2 is 1.92 bits per heavy atom. The van der Waals surface area contributed by atoms with Gasteiger partial charge in [0.15, 0.2) is 0 Å². The first-order valence-electron chi connectivity index (χ1n) is 7.83. The number of nitrogens with zero attached hydrogens (tertiary/aromatic N) is 2. The van der Waals surface area contributed by atoms with E-state index < -0.39 is 11.6 Å². The molecular formula is C18H15F2N3O. The molecule has 1 aliphatic rings. The molecule has 1 atom stereocenters. The number of carbonyl (C=O) groups excluding carboxylic acids is 1. The van der Waals surface area contributed by atoms with Gasteiger partial charge in [0.1, 0.15) is 17.5 Å². The van der Waals surface area contributed by atoms with Gasteiger partial charge in [-0.2, -0.15) is 0 Å². The molecular weight excluding hydrogens is 312 g/mol. The minimum atomic E-state index is -0.752. The quantitative estimate of drug-likeness (QED) is 0.778. The first-order chi connectivity index (χ1) is 11.6. The molecule has 2 aromatic carbocycles. The standard InChI is InChI=1S/C18H15F2N3O/c19-12-8-11(9-13(20)10-12)18(24)23-7-3-6-16(23)17-21-14-4-1-2-5-15(14)22-17/h1-2,4-5,8-10,16H,3,6-7H2,(H,21,22)/t16-/m0/s1. The minimum Gasteiger partial charge on any atom is -0.340 e. The normalized spacial score (nSPS) is 17.6. The van der Waals surface area contributed by atoms with Crippen LogP contribution in [0.5, 0.6) is 0 Å². The van der Waals surface area contributed by atoms with E-state index >= 15 is 0 Å². The molecule has 0 aliphatic carbocycles. The van der Waals surface area contributed by atoms with E-state index in [4.69, 9.17) is 0 Å². The highest BCUT2D eigenvalue weighted by molar-refractivity contribution is 5.94. The predicted octanol–water partition coefficient (Wildman–Crippen LogP) is 3.82. The summed E-state index contributed by atoms with van der Waals surface area (Å²) >= 11 is 0. The molecule has 4 rings (SSSR count). The Hall–Kier alpha value is -2.76. The van der Waals surface area contributed by atoms with E-state index in [1.807, 2.05) is 24.3 Å². The molecule has 0 bridgehead atoms. The van der Waals surface area contributed by atoms with Crippen LogP contribution in [0.4, 0.5) is 8.78 Å². The van der Waals surface area contributed by atoms with Gasteiger partial charge in [-0.05, 0) is 37.1 Å². The highest BCUT2D eigenvalue weighted by Gasteiger charge is 2.33. The highest BCUT2D eigenvalue weighted by Crippen LogP contribution is 2.32. The van der Waals surface area contributed by atoms with Crippen LogP contribution in [0, 0.1) is 11.6 Å². The van der Waals surface area contributed by atoms with Gasteiger partial charge in [0.2, 0.25) is 0 Å². The number of fused-ring (bicyclic) bond motifs is 1. The Bertz CT molecular complexity index is 868. The second-order valence-corrected chi connectivity index (χ2v) is 5.95. The van der Waals surface area contributed by atoms with E-state index in [2.05, 4.69) is 9.97 Å². The van der Waals surface area contributed by atoms with Gasteiger partial charge in [-0.25, -0.2) is 13.8 Å². The van der Waals surface area contributed by atoms with E-state index in [1.165, 1.54) is 0 Å². The molecule has 0 radical (unpaired) electrons. The zero-order valence-electron chi connectivity index (χ0n) is 12.8. The van der Waals surface area contributed by atoms with E-state index in [1.54, 1.807) is 4.90 Å². The maximum atomic E-state index is 13.4. The van der Waals surface area contributed by atoms with Crippen LogP contribution in [0.15, 0.2) is 42.5 Å². The minimum absolute atomic E-state index is 0.0236. The predicted molar refractivity (Wildman–Crippen MR) is 85.5 cm³/mol. The molecule has 2 heterocycles. The molecule has 4 nitrogen and oxygen atoms in total. The van der Waals surface area contributed by atoms with Crippen LogP contribution in [0.1, 0.15) is 35.1 Å². The number of aromatic nitrogens is 2. The van der Waals surface area contributed by atoms with Gasteiger partial charge in [0.05, 0.1) is 17.1 Å². The molecule has 0 spiro atoms. The molecule has 1 N–H and O–H groups in total. The van der Waals surface area contributed by atoms with Gasteiger partial charge in [-0.1, -0.05) is 12.1 Å². The topological polar surface area (TPSA) is 49.0 Å². The molecule has 1 saturated heterocycles. The first-order valence-corrected chi connectivity index (χ1v) is 7.83. The maximum Gasteiger partial charge on any atom is 0.254 e. The summed E-state index contributed by atoms with van der Waals surface area (Å²) in [6, 6.07) is 10.3. The number of para-hydroxylation sites is 2. The fourth-order valence-electron chi connectivity index (χ4n) is 3.27. The average molecular weight is 327 g/mol. The summed E-state index contributed by atoms with van der Waals surface area (Å²) in [6.45, 7) is 0.540. The number of rotatable bonds is 2. The molecule has 122 valence electrons. The van der Waals surface area contributed by atoms with Gasteiger partial charge in [0.25, 0.3) is 5.91 Å². The van der Waals surface area contributed by atoms with Gasteiger partial charge in [0, 0.05) is 18.2 Å². The van der Waals surface area contributed by atoms with Crippen molar-refractivity contribution in [2.75, 3.05) is 6.54 Å². The number of H-pyrrole nitrogens is 1. The third-order valence-electron chi connectivity index (χ3n) is 4.35. The SMILES string of the molecule is O=C(c1cc(F)cc(F)c1)N1CCC[C@H]1c1nc2ccccc2[nH]1. The lowest BCUT2D eigenvalue weighted by molar-refractivity contribution is 0.0729. The second-order valence-electron chi connectivity index (χ2n) is 5.95. The fourth-order valence-corrected chi connectivity index (χ4v) is 3.27. The van der Waals surface area contributed by atoms with E-state index in [0.717, 1.165) is 42.1 Å². The number of carbonyl (C=O) groups is 1. The monoisotopic (exact) mass is 327 g/mol. The number of amides is 1. The molecule has 1 amide bonds. The Balaban J connectivity index is 1.68. The molecule has 1 fully saturated rings. The molecule has 6 heteroatoms. The number of likely N-dealkylation sites (tertiary alicyclic amines) is 1. The second kappa shape index (κ2) is 5.70. The van der Waals surface area contributed by atoms with Crippen molar-refractivity contribution in [1.82, 2.24) is 14.9 Å². The summed E-state index contributed by atoms with van der Waals surface area (Å²) in [5.41, 5.74) is 1.77. The number of aromatic amines is 1. The summed E-state index contributed by atoms with van der Waals surface area (Å²) in [4.78, 5) is 22.1. The summed E-state index contributed by atoms with van der Waals surface area (Å²) in [7, 11) is 0. The lowest BCUT2D eigenvalue weighted by atomic mass is 10.1. The summed E-state index contributed by atoms with van der Waals surface area (Å²) in [5, 5.41) is 0. The Morgan fingerprint density at radius 1 is 1.17 bits per heavy atom. The molecule has 3 aromatic rings. The van der Waals surface area contributed by atoms with Crippen LogP contribution in [0.3, 0.4) is 0 Å². The van der Waals surface area contributed by atoms with Crippen LogP contribution in [0.2, 0.25) is 0 Å². The van der Waals surface area contributed by atoms with Crippen LogP contribution in [-0.4, -0.2) is 27.3 Å². The smallest absolute Gasteiger partial charge is 0.254 e. The molecule has 0 saturated carbocycles. The maximum absolute atomic E-state index is 13.4. The van der Waals surface area contributed by atoms with Crippen molar-refractivity contribution in [1.29, 1.82) is 0 Å². The zero-order valence-corrected chi connectivity index (χ0v) is 12.8. The average Bonchev–Trinajstić information content (AvgIpc) is 3.19. The van der Waals surface area contributed by atoms with Crippen molar-refractivity contribution in [3.8, 4) is 0 Å². The van der Waals surface area contributed by atoms with Gasteiger partial charge in [-0.15, -0.1) is 0 Å². The van der Waals surface area contributed by atoms with Crippen molar-refractivity contribution < 1.29 is 13.6 Å². The number of nitrogens with one attached hydrogen (secondary N) is 1. The molecule has 1 aliphatic heterocycles. The van der Waals surface area contributed by atoms with Gasteiger partial charge < -0.3 is 9.88 Å². The lowest BCUT2D eigenvalue weighted by Crippen LogP contribution is -2.31. The third-order valence-corrected chi connectivity index (χ3v) is 4.35. The van der Waals surface area contributed by atoms with Crippen molar-refractivity contribution in [3.05, 3.63) is 65.5 Å². The van der Waals surface area contributed by atoms with Crippen LogP contribution >= 0.6 is 0 Å². The van der Waals surface area contributed by atoms with E-state index in [-0.39, 0.29) is 17.5 Å². The number of imidazole rings is 1. The van der Waals surface area contributed by atoms with Gasteiger partial charge >= 0.3 is 0 Å². The van der Waals surface area contributed by atoms with Crippen molar-refractivity contribution >= 4 is 16.9 Å². The summed E-state index contributed by atoms with van der Waals surface area (Å²) in [5.74, 6) is -1.18. The van der Waals surface area contributed by atoms with Crippen LogP contribution in [-0.2, 0) is 0 Å². The van der Waals surface area contributed by atoms with Crippen LogP contribution in [0.25, 0.3) is 11.0 Å². The van der Waals surface area contributed by atoms with Crippen molar-refractivity contribution in [3.63, 3.8) is 0 Å². The Kier molecular flexibility index (Phi) is 3.52. The number of hydrogen-bond acceptors (Lipinski definition) is 2. The highest BCUT2D eigenvalue weighted by atomic mass is 19.1. The summed E-state index contributed by atoms with van der Waals surface area (Å²) < 4.78 is 26.8. The van der Waals surface area contributed by atoms with Crippen molar-refractivity contribution in [2.24, 2.45) is 0 Å². The Morgan fingerprint density at radius 3 is 2.67 bits per heavy atom. The molecule has 24 heavy (non-hydrogen) atoms. The van der Waals surface area contributed by atoms with Crippen LogP contribution < -0.4 is 0 Å². The van der Waals surface area contributed by atoms with Gasteiger partial charge in [-0.3, -0.25) is 4.79 Å². The van der Waals surface area contributed by atoms with E-state index in [0.29, 0.717) is 12.4 Å². The lowest BCUT2D eigenvalue weighted by Gasteiger charge is -2.23. The Labute approximate surface area is 137 Å². The third kappa shape index (κ3) is 2.54. The molecule has 0 unspecified atom stereocenters. The number of benzene rings is 2. The first kappa shape index (κ1) is 14.8. The van der Waals surface area contributed by atoms with E-state index in [9.17, 15) is 13.6 Å². The van der Waals surface area contributed by atoms with Crippen molar-refractivity contribution in [2.45, 2.75) is 18.9 Å². The number of hydrogen-bond donors (Lipinski definition) is 1. The fraction of sp³-hybridized carbons (Fsp3) is 0.222. The summed E-state index contributed by atoms with van der Waals surface area (Å²) in [6.07, 6.45) is 1.59. The number of halogens is 2. The largest absolute Gasteiger partial charge is 0.340 e. The molecule has 1 aromatic heterocycles. The zero-order chi connectivity index (χ0) is 16.7.